The number of hydrogen-bond acceptors (Lipinski definition) is 4. The molecule has 1 heterocycles. The number of carbonyl (C=O) groups is 1. The maximum absolute atomic E-state index is 12.8. The van der Waals surface area contributed by atoms with Crippen molar-refractivity contribution in [2.75, 3.05) is 6.61 Å². The smallest absolute Gasteiger partial charge is 0.461 e. The zero-order chi connectivity index (χ0) is 16.5. The van der Waals surface area contributed by atoms with E-state index in [0.717, 1.165) is 0 Å². The maximum atomic E-state index is 12.8. The van der Waals surface area contributed by atoms with Crippen LogP contribution >= 0.6 is 0 Å². The van der Waals surface area contributed by atoms with E-state index < -0.39 is 23.6 Å². The van der Waals surface area contributed by atoms with Gasteiger partial charge in [-0.1, -0.05) is 0 Å². The van der Waals surface area contributed by atoms with E-state index in [2.05, 4.69) is 4.99 Å². The number of aliphatic hydroxyl groups is 1. The Morgan fingerprint density at radius 2 is 1.95 bits per heavy atom. The number of allylic oxidation sites excluding steroid dienone is 1. The molecule has 1 N–H and O–H groups in total. The summed E-state index contributed by atoms with van der Waals surface area (Å²) in [4.78, 5) is 14.9. The highest BCUT2D eigenvalue weighted by molar-refractivity contribution is 6.01. The van der Waals surface area contributed by atoms with Gasteiger partial charge in [0, 0.05) is 17.9 Å². The Bertz CT molecular complexity index is 664. The van der Waals surface area contributed by atoms with Gasteiger partial charge in [-0.15, -0.1) is 0 Å². The molecular weight excluding hydrogens is 313 g/mol. The molecule has 0 aliphatic carbocycles. The van der Waals surface area contributed by atoms with Crippen LogP contribution in [0.15, 0.2) is 29.3 Å². The first-order valence-electron chi connectivity index (χ1n) is 5.82. The molecule has 1 aromatic rings. The van der Waals surface area contributed by atoms with Gasteiger partial charge in [-0.25, -0.2) is 0 Å². The van der Waals surface area contributed by atoms with E-state index in [9.17, 15) is 31.9 Å². The van der Waals surface area contributed by atoms with Gasteiger partial charge >= 0.3 is 12.1 Å². The topological polar surface area (TPSA) is 58.9 Å². The molecule has 0 bridgehead atoms. The third kappa shape index (κ3) is 2.92. The van der Waals surface area contributed by atoms with Crippen LogP contribution in [0.4, 0.5) is 27.6 Å². The zero-order valence-corrected chi connectivity index (χ0v) is 10.7. The highest BCUT2D eigenvalue weighted by Gasteiger charge is 2.62. The number of alkyl halides is 5. The first kappa shape index (κ1) is 15.9. The fraction of sp³-hybridized carbons (Fsp3) is 0.231. The molecular formula is C13H8F5NO3. The predicted octanol–water partition coefficient (Wildman–Crippen LogP) is 3.45. The van der Waals surface area contributed by atoms with Crippen LogP contribution in [0.1, 0.15) is 5.56 Å². The van der Waals surface area contributed by atoms with Gasteiger partial charge in [0.1, 0.15) is 23.8 Å². The molecule has 2 rings (SSSR count). The van der Waals surface area contributed by atoms with Crippen molar-refractivity contribution in [1.29, 1.82) is 0 Å². The van der Waals surface area contributed by atoms with Crippen molar-refractivity contribution >= 4 is 23.4 Å². The average molecular weight is 321 g/mol. The summed E-state index contributed by atoms with van der Waals surface area (Å²) in [5, 5.41) is 9.57. The number of aliphatic imine (C=N–C) groups is 1. The van der Waals surface area contributed by atoms with E-state index in [1.54, 1.807) is 0 Å². The second-order valence-corrected chi connectivity index (χ2v) is 4.27. The average Bonchev–Trinajstić information content (AvgIpc) is 2.45. The summed E-state index contributed by atoms with van der Waals surface area (Å²) in [6.07, 6.45) is -4.80. The van der Waals surface area contributed by atoms with Gasteiger partial charge in [0.2, 0.25) is 5.78 Å². The Hall–Kier alpha value is -2.45. The Morgan fingerprint density at radius 3 is 2.59 bits per heavy atom. The van der Waals surface area contributed by atoms with Crippen molar-refractivity contribution in [3.05, 3.63) is 29.8 Å². The lowest BCUT2D eigenvalue weighted by molar-refractivity contribution is -0.266. The van der Waals surface area contributed by atoms with Crippen LogP contribution < -0.4 is 4.74 Å². The van der Waals surface area contributed by atoms with E-state index in [4.69, 9.17) is 4.74 Å². The summed E-state index contributed by atoms with van der Waals surface area (Å²) in [6, 6.07) is 3.73. The van der Waals surface area contributed by atoms with Gasteiger partial charge < -0.3 is 9.84 Å². The molecule has 9 heteroatoms. The first-order chi connectivity index (χ1) is 10.1. The van der Waals surface area contributed by atoms with Crippen LogP contribution in [-0.2, 0) is 4.79 Å². The number of ether oxygens (including phenoxy) is 1. The summed E-state index contributed by atoms with van der Waals surface area (Å²) in [5.41, 5.74) is 0.103. The Morgan fingerprint density at radius 1 is 1.27 bits per heavy atom. The monoisotopic (exact) mass is 321 g/mol. The van der Waals surface area contributed by atoms with Gasteiger partial charge in [0.05, 0.1) is 0 Å². The van der Waals surface area contributed by atoms with Gasteiger partial charge in [-0.2, -0.15) is 22.0 Å². The second-order valence-electron chi connectivity index (χ2n) is 4.27. The fourth-order valence-electron chi connectivity index (χ4n) is 1.60. The summed E-state index contributed by atoms with van der Waals surface area (Å²) >= 11 is 0. The molecule has 1 aliphatic heterocycles. The van der Waals surface area contributed by atoms with Crippen LogP contribution in [0.2, 0.25) is 0 Å². The molecule has 0 radical (unpaired) electrons. The first-order valence-corrected chi connectivity index (χ1v) is 5.82. The minimum Gasteiger partial charge on any atom is -0.507 e. The number of benzene rings is 1. The van der Waals surface area contributed by atoms with Crippen molar-refractivity contribution in [2.24, 2.45) is 4.99 Å². The fourth-order valence-corrected chi connectivity index (χ4v) is 1.60. The summed E-state index contributed by atoms with van der Waals surface area (Å²) in [5.74, 6) is -8.81. The van der Waals surface area contributed by atoms with Crippen molar-refractivity contribution in [2.45, 2.75) is 12.1 Å². The molecule has 118 valence electrons. The number of hydrogen-bond donors (Lipinski definition) is 1. The third-order valence-corrected chi connectivity index (χ3v) is 2.73. The molecule has 0 spiro atoms. The molecule has 0 saturated heterocycles. The largest absolute Gasteiger partial charge is 0.507 e. The van der Waals surface area contributed by atoms with Crippen LogP contribution in [-0.4, -0.2) is 35.8 Å². The molecule has 0 aromatic heterocycles. The summed E-state index contributed by atoms with van der Waals surface area (Å²) in [7, 11) is 0. The standard InChI is InChI=1S/C13H8F5NO3/c14-12(15,13(16,17)18)11(21)6-9(20)7-1-2-10-8(5-7)19-3-4-22-10/h1-3,5-6,20H,4H2. The number of halogens is 5. The van der Waals surface area contributed by atoms with Gasteiger partial charge in [0.15, 0.2) is 0 Å². The number of nitrogens with zero attached hydrogens (tertiary/aromatic N) is 1. The van der Waals surface area contributed by atoms with E-state index >= 15 is 0 Å². The number of fused-ring (bicyclic) bond motifs is 1. The molecule has 1 aromatic carbocycles. The van der Waals surface area contributed by atoms with Crippen LogP contribution in [0.3, 0.4) is 0 Å². The molecule has 0 saturated carbocycles. The Labute approximate surface area is 120 Å². The van der Waals surface area contributed by atoms with Crippen LogP contribution in [0.5, 0.6) is 5.75 Å². The Kier molecular flexibility index (Phi) is 3.90. The molecule has 1 aliphatic rings. The molecule has 0 amide bonds. The molecule has 22 heavy (non-hydrogen) atoms. The SMILES string of the molecule is O=C(C=C(O)c1ccc2c(c1)N=CCO2)C(F)(F)C(F)(F)F. The number of ketones is 1. The molecule has 0 fully saturated rings. The van der Waals surface area contributed by atoms with Gasteiger partial charge in [0.25, 0.3) is 0 Å². The van der Waals surface area contributed by atoms with E-state index in [-0.39, 0.29) is 23.9 Å². The third-order valence-electron chi connectivity index (χ3n) is 2.73. The zero-order valence-electron chi connectivity index (χ0n) is 10.7. The quantitative estimate of drug-likeness (QED) is 0.527. The lowest BCUT2D eigenvalue weighted by Crippen LogP contribution is -2.43. The summed E-state index contributed by atoms with van der Waals surface area (Å²) in [6.45, 7) is 0.227. The lowest BCUT2D eigenvalue weighted by Gasteiger charge is -2.16. The van der Waals surface area contributed by atoms with Gasteiger partial charge in [-0.3, -0.25) is 9.79 Å². The maximum Gasteiger partial charge on any atom is 0.461 e. The van der Waals surface area contributed by atoms with Crippen molar-refractivity contribution in [3.63, 3.8) is 0 Å². The van der Waals surface area contributed by atoms with E-state index in [1.807, 2.05) is 0 Å². The van der Waals surface area contributed by atoms with Crippen LogP contribution in [0, 0.1) is 0 Å². The van der Waals surface area contributed by atoms with Crippen LogP contribution in [0.25, 0.3) is 5.76 Å². The lowest BCUT2D eigenvalue weighted by atomic mass is 10.1. The Balaban J connectivity index is 2.30. The second kappa shape index (κ2) is 5.39. The highest BCUT2D eigenvalue weighted by atomic mass is 19.4. The molecule has 0 atom stereocenters. The summed E-state index contributed by atoms with van der Waals surface area (Å²) < 4.78 is 66.9. The number of rotatable bonds is 3. The van der Waals surface area contributed by atoms with Crippen molar-refractivity contribution < 1.29 is 36.6 Å². The molecule has 4 nitrogen and oxygen atoms in total. The van der Waals surface area contributed by atoms with Crippen molar-refractivity contribution in [3.8, 4) is 5.75 Å². The van der Waals surface area contributed by atoms with Crippen molar-refractivity contribution in [1.82, 2.24) is 0 Å². The van der Waals surface area contributed by atoms with Gasteiger partial charge in [-0.05, 0) is 18.2 Å². The highest BCUT2D eigenvalue weighted by Crippen LogP contribution is 2.37. The number of carbonyl (C=O) groups excluding carboxylic acids is 1. The minimum absolute atomic E-state index is 0.146. The number of aliphatic hydroxyl groups excluding tert-OH is 1. The van der Waals surface area contributed by atoms with E-state index in [1.165, 1.54) is 24.4 Å². The normalized spacial score (nSPS) is 15.2. The minimum atomic E-state index is -6.03. The molecule has 0 unspecified atom stereocenters. The predicted molar refractivity (Wildman–Crippen MR) is 66.7 cm³/mol. The van der Waals surface area contributed by atoms with E-state index in [0.29, 0.717) is 5.75 Å².